The van der Waals surface area contributed by atoms with E-state index in [1.807, 2.05) is 0 Å². The van der Waals surface area contributed by atoms with Crippen molar-refractivity contribution in [1.82, 2.24) is 0 Å². The molecule has 0 aliphatic carbocycles. The molecular weight excluding hydrogens is 641 g/mol. The van der Waals surface area contributed by atoms with E-state index in [9.17, 15) is 10.2 Å². The summed E-state index contributed by atoms with van der Waals surface area (Å²) < 4.78 is 20.4. The first-order valence-electron chi connectivity index (χ1n) is 7.18. The molecule has 2 fully saturated rings. The van der Waals surface area contributed by atoms with Crippen molar-refractivity contribution in [3.05, 3.63) is 28.4 Å². The molecule has 0 radical (unpaired) electrons. The fraction of sp³-hybridized carbons (Fsp3) is 0.600. The lowest BCUT2D eigenvalue weighted by Crippen LogP contribution is -2.41. The van der Waals surface area contributed by atoms with Gasteiger partial charge in [0.05, 0.1) is 6.10 Å². The minimum absolute atomic E-state index is 0.415. The average Bonchev–Trinajstić information content (AvgIpc) is 2.87. The molecular formula is C15H17I3O5. The van der Waals surface area contributed by atoms with Gasteiger partial charge in [0.15, 0.2) is 12.1 Å². The molecule has 0 spiro atoms. The van der Waals surface area contributed by atoms with Crippen molar-refractivity contribution in [3.63, 3.8) is 0 Å². The van der Waals surface area contributed by atoms with Gasteiger partial charge in [-0.05, 0) is 99.3 Å². The Labute approximate surface area is 175 Å². The van der Waals surface area contributed by atoms with Gasteiger partial charge in [-0.2, -0.15) is 0 Å². The number of hydrogen-bond acceptors (Lipinski definition) is 5. The normalized spacial score (nSPS) is 33.7. The molecule has 2 aliphatic heterocycles. The molecule has 5 unspecified atom stereocenters. The van der Waals surface area contributed by atoms with E-state index in [-0.39, 0.29) is 0 Å². The monoisotopic (exact) mass is 658 g/mol. The Morgan fingerprint density at radius 3 is 2.35 bits per heavy atom. The van der Waals surface area contributed by atoms with E-state index in [1.165, 1.54) is 0 Å². The molecule has 0 saturated carbocycles. The Morgan fingerprint density at radius 2 is 1.78 bits per heavy atom. The van der Waals surface area contributed by atoms with Crippen LogP contribution in [0.3, 0.4) is 0 Å². The number of hydrogen-bond donors (Lipinski definition) is 2. The zero-order valence-electron chi connectivity index (χ0n) is 12.5. The summed E-state index contributed by atoms with van der Waals surface area (Å²) in [5.74, 6) is -0.771. The molecule has 5 atom stereocenters. The molecule has 0 aromatic heterocycles. The molecule has 3 rings (SSSR count). The van der Waals surface area contributed by atoms with E-state index in [0.29, 0.717) is 6.42 Å². The fourth-order valence-corrected chi connectivity index (χ4v) is 6.95. The Hall–Kier alpha value is 1.21. The van der Waals surface area contributed by atoms with Crippen molar-refractivity contribution in [2.45, 2.75) is 56.8 Å². The zero-order chi connectivity index (χ0) is 16.9. The Bertz CT molecular complexity index is 586. The van der Waals surface area contributed by atoms with Crippen molar-refractivity contribution in [1.29, 1.82) is 0 Å². The maximum atomic E-state index is 10.6. The second kappa shape index (κ2) is 7.08. The van der Waals surface area contributed by atoms with Crippen LogP contribution in [0.2, 0.25) is 0 Å². The van der Waals surface area contributed by atoms with Crippen LogP contribution >= 0.6 is 67.8 Å². The van der Waals surface area contributed by atoms with Crippen LogP contribution < -0.4 is 0 Å². The van der Waals surface area contributed by atoms with Crippen LogP contribution in [-0.2, 0) is 20.6 Å². The molecule has 5 nitrogen and oxygen atoms in total. The van der Waals surface area contributed by atoms with Gasteiger partial charge in [-0.25, -0.2) is 0 Å². The highest BCUT2D eigenvalue weighted by Crippen LogP contribution is 2.39. The topological polar surface area (TPSA) is 68.2 Å². The summed E-state index contributed by atoms with van der Waals surface area (Å²) in [5.41, 5.74) is 1.06. The molecule has 8 heteroatoms. The van der Waals surface area contributed by atoms with Crippen molar-refractivity contribution in [2.75, 3.05) is 0 Å². The van der Waals surface area contributed by atoms with Crippen LogP contribution in [0.4, 0.5) is 0 Å². The van der Waals surface area contributed by atoms with Crippen LogP contribution in [0.25, 0.3) is 0 Å². The molecule has 2 aliphatic rings. The van der Waals surface area contributed by atoms with Gasteiger partial charge in [0.1, 0.15) is 18.3 Å². The van der Waals surface area contributed by atoms with Gasteiger partial charge in [0.2, 0.25) is 0 Å². The van der Waals surface area contributed by atoms with E-state index < -0.39 is 36.5 Å². The smallest absolute Gasteiger partial charge is 0.190 e. The highest BCUT2D eigenvalue weighted by molar-refractivity contribution is 14.1. The SMILES string of the molecule is CC1(C)OC2OC(C(O)Cc3c(I)cc(I)cc3I)C(O)C2O1. The highest BCUT2D eigenvalue weighted by atomic mass is 127. The maximum Gasteiger partial charge on any atom is 0.190 e. The molecule has 23 heavy (non-hydrogen) atoms. The molecule has 2 heterocycles. The molecule has 1 aromatic carbocycles. The number of aliphatic hydroxyl groups is 2. The van der Waals surface area contributed by atoms with E-state index >= 15 is 0 Å². The van der Waals surface area contributed by atoms with Crippen LogP contribution in [0.1, 0.15) is 19.4 Å². The summed E-state index contributed by atoms with van der Waals surface area (Å²) in [4.78, 5) is 0. The number of rotatable bonds is 3. The summed E-state index contributed by atoms with van der Waals surface area (Å²) >= 11 is 6.82. The first-order valence-corrected chi connectivity index (χ1v) is 10.4. The quantitative estimate of drug-likeness (QED) is 0.490. The lowest BCUT2D eigenvalue weighted by atomic mass is 9.99. The van der Waals surface area contributed by atoms with Crippen LogP contribution in [0, 0.1) is 10.7 Å². The largest absolute Gasteiger partial charge is 0.390 e. The molecule has 0 amide bonds. The first-order chi connectivity index (χ1) is 10.7. The Kier molecular flexibility index (Phi) is 5.85. The van der Waals surface area contributed by atoms with Crippen molar-refractivity contribution in [3.8, 4) is 0 Å². The van der Waals surface area contributed by atoms with Crippen LogP contribution in [0.15, 0.2) is 12.1 Å². The minimum Gasteiger partial charge on any atom is -0.390 e. The number of benzene rings is 1. The summed E-state index contributed by atoms with van der Waals surface area (Å²) in [7, 11) is 0. The van der Waals surface area contributed by atoms with E-state index in [2.05, 4.69) is 79.9 Å². The molecule has 2 N–H and O–H groups in total. The van der Waals surface area contributed by atoms with Gasteiger partial charge in [0.25, 0.3) is 0 Å². The second-order valence-electron chi connectivity index (χ2n) is 6.18. The highest BCUT2D eigenvalue weighted by Gasteiger charge is 2.55. The lowest BCUT2D eigenvalue weighted by Gasteiger charge is -2.26. The predicted molar refractivity (Wildman–Crippen MR) is 109 cm³/mol. The van der Waals surface area contributed by atoms with E-state index in [4.69, 9.17) is 14.2 Å². The molecule has 1 aromatic rings. The number of aliphatic hydroxyl groups excluding tert-OH is 2. The van der Waals surface area contributed by atoms with Gasteiger partial charge in [-0.1, -0.05) is 0 Å². The average molecular weight is 658 g/mol. The summed E-state index contributed by atoms with van der Waals surface area (Å²) in [6.45, 7) is 3.56. The lowest BCUT2D eigenvalue weighted by molar-refractivity contribution is -0.225. The number of halogens is 3. The Morgan fingerprint density at radius 1 is 1.17 bits per heavy atom. The third kappa shape index (κ3) is 3.98. The summed E-state index contributed by atoms with van der Waals surface area (Å²) in [6, 6.07) is 4.14. The van der Waals surface area contributed by atoms with Gasteiger partial charge < -0.3 is 24.4 Å². The number of fused-ring (bicyclic) bond motifs is 1. The van der Waals surface area contributed by atoms with Gasteiger partial charge in [-0.15, -0.1) is 0 Å². The third-order valence-electron chi connectivity index (χ3n) is 3.95. The van der Waals surface area contributed by atoms with Crippen molar-refractivity contribution in [2.24, 2.45) is 0 Å². The summed E-state index contributed by atoms with van der Waals surface area (Å²) in [6.07, 6.45) is -3.22. The van der Waals surface area contributed by atoms with Gasteiger partial charge >= 0.3 is 0 Å². The maximum absolute atomic E-state index is 10.6. The molecule has 2 saturated heterocycles. The standard InChI is InChI=1S/C15H17I3O5/c1-15(2)22-13-11(20)12(21-14(13)23-15)10(19)5-7-8(17)3-6(16)4-9(7)18/h3-4,10-14,19-20H,5H2,1-2H3. The molecule has 128 valence electrons. The van der Waals surface area contributed by atoms with E-state index in [1.54, 1.807) is 13.8 Å². The van der Waals surface area contributed by atoms with E-state index in [0.717, 1.165) is 16.3 Å². The Balaban J connectivity index is 1.72. The van der Waals surface area contributed by atoms with Gasteiger partial charge in [-0.3, -0.25) is 0 Å². The fourth-order valence-electron chi connectivity index (χ4n) is 2.93. The molecule has 0 bridgehead atoms. The number of ether oxygens (including phenoxy) is 3. The van der Waals surface area contributed by atoms with Crippen LogP contribution in [0.5, 0.6) is 0 Å². The third-order valence-corrected chi connectivity index (χ3v) is 6.50. The van der Waals surface area contributed by atoms with Gasteiger partial charge in [0, 0.05) is 17.1 Å². The summed E-state index contributed by atoms with van der Waals surface area (Å²) in [5, 5.41) is 21.0. The van der Waals surface area contributed by atoms with Crippen molar-refractivity contribution >= 4 is 67.8 Å². The second-order valence-corrected chi connectivity index (χ2v) is 9.75. The van der Waals surface area contributed by atoms with Crippen molar-refractivity contribution < 1.29 is 24.4 Å². The predicted octanol–water partition coefficient (Wildman–Crippen LogP) is 2.64. The van der Waals surface area contributed by atoms with Crippen LogP contribution in [-0.4, -0.2) is 46.7 Å². The zero-order valence-corrected chi connectivity index (χ0v) is 19.0. The first kappa shape index (κ1) is 19.0. The minimum atomic E-state index is -0.907.